The van der Waals surface area contributed by atoms with Gasteiger partial charge in [0.1, 0.15) is 0 Å². The van der Waals surface area contributed by atoms with Crippen molar-refractivity contribution in [2.24, 2.45) is 5.92 Å². The summed E-state index contributed by atoms with van der Waals surface area (Å²) in [7, 11) is 3.21. The Labute approximate surface area is 119 Å². The van der Waals surface area contributed by atoms with E-state index in [9.17, 15) is 4.79 Å². The average molecular weight is 278 g/mol. The fourth-order valence-electron chi connectivity index (χ4n) is 2.41. The normalized spacial score (nSPS) is 17.8. The Kier molecular flexibility index (Phi) is 5.24. The summed E-state index contributed by atoms with van der Waals surface area (Å²) in [5.74, 6) is 1.95. The van der Waals surface area contributed by atoms with E-state index >= 15 is 0 Å². The largest absolute Gasteiger partial charge is 0.493 e. The van der Waals surface area contributed by atoms with E-state index in [2.05, 4.69) is 10.6 Å². The molecule has 5 heteroatoms. The van der Waals surface area contributed by atoms with Crippen LogP contribution in [-0.4, -0.2) is 33.2 Å². The van der Waals surface area contributed by atoms with Gasteiger partial charge < -0.3 is 20.1 Å². The van der Waals surface area contributed by atoms with E-state index in [1.807, 2.05) is 18.2 Å². The molecule has 2 rings (SSSR count). The first kappa shape index (κ1) is 14.7. The van der Waals surface area contributed by atoms with Crippen LogP contribution in [0, 0.1) is 5.92 Å². The Morgan fingerprint density at radius 3 is 2.80 bits per heavy atom. The molecule has 0 radical (unpaired) electrons. The molecule has 1 heterocycles. The van der Waals surface area contributed by atoms with E-state index in [0.29, 0.717) is 30.4 Å². The lowest BCUT2D eigenvalue weighted by molar-refractivity contribution is -0.122. The van der Waals surface area contributed by atoms with Crippen molar-refractivity contribution in [1.29, 1.82) is 0 Å². The molecular formula is C15H22N2O3. The van der Waals surface area contributed by atoms with Crippen LogP contribution >= 0.6 is 0 Å². The fourth-order valence-corrected chi connectivity index (χ4v) is 2.41. The Bertz CT molecular complexity index is 456. The molecule has 0 spiro atoms. The summed E-state index contributed by atoms with van der Waals surface area (Å²) in [6, 6.07) is 5.66. The molecule has 0 saturated carbocycles. The number of carbonyl (C=O) groups is 1. The molecule has 1 aliphatic rings. The first-order valence-corrected chi connectivity index (χ1v) is 6.91. The van der Waals surface area contributed by atoms with Crippen molar-refractivity contribution in [3.05, 3.63) is 23.8 Å². The number of ether oxygens (including phenoxy) is 2. The van der Waals surface area contributed by atoms with Crippen molar-refractivity contribution in [2.45, 2.75) is 19.4 Å². The zero-order valence-corrected chi connectivity index (χ0v) is 12.1. The minimum absolute atomic E-state index is 0.105. The fraction of sp³-hybridized carbons (Fsp3) is 0.533. The van der Waals surface area contributed by atoms with Gasteiger partial charge in [0, 0.05) is 13.0 Å². The lowest BCUT2D eigenvalue weighted by atomic mass is 10.0. The third kappa shape index (κ3) is 3.87. The molecule has 1 unspecified atom stereocenters. The number of carbonyl (C=O) groups excluding carboxylic acids is 1. The van der Waals surface area contributed by atoms with Gasteiger partial charge >= 0.3 is 0 Å². The Morgan fingerprint density at radius 2 is 2.15 bits per heavy atom. The van der Waals surface area contributed by atoms with E-state index in [-0.39, 0.29) is 5.91 Å². The maximum absolute atomic E-state index is 11.9. The third-order valence-corrected chi connectivity index (χ3v) is 3.57. The monoisotopic (exact) mass is 278 g/mol. The molecule has 0 bridgehead atoms. The number of hydrogen-bond donors (Lipinski definition) is 2. The van der Waals surface area contributed by atoms with Crippen LogP contribution in [-0.2, 0) is 11.3 Å². The lowest BCUT2D eigenvalue weighted by Crippen LogP contribution is -2.25. The van der Waals surface area contributed by atoms with Crippen LogP contribution in [0.25, 0.3) is 0 Å². The summed E-state index contributed by atoms with van der Waals surface area (Å²) in [6.45, 7) is 2.48. The van der Waals surface area contributed by atoms with Gasteiger partial charge in [0.05, 0.1) is 14.2 Å². The number of methoxy groups -OCH3 is 2. The van der Waals surface area contributed by atoms with E-state index in [4.69, 9.17) is 9.47 Å². The first-order chi connectivity index (χ1) is 9.72. The first-order valence-electron chi connectivity index (χ1n) is 6.91. The maximum atomic E-state index is 11.9. The Balaban J connectivity index is 1.85. The lowest BCUT2D eigenvalue weighted by Gasteiger charge is -2.11. The summed E-state index contributed by atoms with van der Waals surface area (Å²) in [5, 5.41) is 6.22. The Morgan fingerprint density at radius 1 is 1.35 bits per heavy atom. The quantitative estimate of drug-likeness (QED) is 0.824. The molecule has 0 aromatic heterocycles. The van der Waals surface area contributed by atoms with Gasteiger partial charge in [-0.15, -0.1) is 0 Å². The van der Waals surface area contributed by atoms with Crippen molar-refractivity contribution in [3.63, 3.8) is 0 Å². The second-order valence-corrected chi connectivity index (χ2v) is 5.03. The molecule has 1 atom stereocenters. The number of rotatable bonds is 6. The minimum atomic E-state index is 0.105. The van der Waals surface area contributed by atoms with Crippen molar-refractivity contribution in [2.75, 3.05) is 27.3 Å². The highest BCUT2D eigenvalue weighted by Crippen LogP contribution is 2.27. The maximum Gasteiger partial charge on any atom is 0.220 e. The zero-order chi connectivity index (χ0) is 14.4. The standard InChI is InChI=1S/C15H22N2O3/c1-19-13-4-3-11(7-14(13)20-2)10-17-15(18)8-12-5-6-16-9-12/h3-4,7,12,16H,5-6,8-10H2,1-2H3,(H,17,18). The molecule has 2 N–H and O–H groups in total. The van der Waals surface area contributed by atoms with Gasteiger partial charge in [-0.25, -0.2) is 0 Å². The van der Waals surface area contributed by atoms with E-state index < -0.39 is 0 Å². The van der Waals surface area contributed by atoms with Crippen LogP contribution in [0.5, 0.6) is 11.5 Å². The second kappa shape index (κ2) is 7.14. The van der Waals surface area contributed by atoms with E-state index in [1.54, 1.807) is 14.2 Å². The Hall–Kier alpha value is -1.75. The van der Waals surface area contributed by atoms with Crippen molar-refractivity contribution in [1.82, 2.24) is 10.6 Å². The summed E-state index contributed by atoms with van der Waals surface area (Å²) in [4.78, 5) is 11.9. The zero-order valence-electron chi connectivity index (χ0n) is 12.1. The molecule has 1 aliphatic heterocycles. The highest BCUT2D eigenvalue weighted by Gasteiger charge is 2.17. The van der Waals surface area contributed by atoms with Crippen LogP contribution in [0.4, 0.5) is 0 Å². The molecule has 1 saturated heterocycles. The van der Waals surface area contributed by atoms with Gasteiger partial charge in [0.15, 0.2) is 11.5 Å². The summed E-state index contributed by atoms with van der Waals surface area (Å²) in [5.41, 5.74) is 1.00. The second-order valence-electron chi connectivity index (χ2n) is 5.03. The third-order valence-electron chi connectivity index (χ3n) is 3.57. The van der Waals surface area contributed by atoms with Crippen molar-refractivity contribution in [3.8, 4) is 11.5 Å². The summed E-state index contributed by atoms with van der Waals surface area (Å²) < 4.78 is 10.4. The van der Waals surface area contributed by atoms with Crippen LogP contribution in [0.1, 0.15) is 18.4 Å². The summed E-state index contributed by atoms with van der Waals surface area (Å²) in [6.07, 6.45) is 1.68. The molecule has 1 amide bonds. The highest BCUT2D eigenvalue weighted by molar-refractivity contribution is 5.76. The highest BCUT2D eigenvalue weighted by atomic mass is 16.5. The van der Waals surface area contributed by atoms with E-state index in [0.717, 1.165) is 25.1 Å². The predicted octanol–water partition coefficient (Wildman–Crippen LogP) is 1.32. The van der Waals surface area contributed by atoms with Gasteiger partial charge in [0.2, 0.25) is 5.91 Å². The number of nitrogens with one attached hydrogen (secondary N) is 2. The number of amides is 1. The van der Waals surface area contributed by atoms with Crippen molar-refractivity contribution >= 4 is 5.91 Å². The van der Waals surface area contributed by atoms with Crippen LogP contribution in [0.2, 0.25) is 0 Å². The molecule has 20 heavy (non-hydrogen) atoms. The van der Waals surface area contributed by atoms with Crippen LogP contribution in [0.3, 0.4) is 0 Å². The molecule has 1 aromatic carbocycles. The van der Waals surface area contributed by atoms with Gasteiger partial charge in [-0.1, -0.05) is 6.07 Å². The van der Waals surface area contributed by atoms with Gasteiger partial charge in [-0.3, -0.25) is 4.79 Å². The summed E-state index contributed by atoms with van der Waals surface area (Å²) >= 11 is 0. The molecule has 1 fully saturated rings. The average Bonchev–Trinajstić information content (AvgIpc) is 2.97. The minimum Gasteiger partial charge on any atom is -0.493 e. The molecule has 1 aromatic rings. The van der Waals surface area contributed by atoms with E-state index in [1.165, 1.54) is 0 Å². The van der Waals surface area contributed by atoms with Crippen molar-refractivity contribution < 1.29 is 14.3 Å². The van der Waals surface area contributed by atoms with Gasteiger partial charge in [-0.2, -0.15) is 0 Å². The number of hydrogen-bond acceptors (Lipinski definition) is 4. The smallest absolute Gasteiger partial charge is 0.220 e. The molecule has 0 aliphatic carbocycles. The topological polar surface area (TPSA) is 59.6 Å². The molecule has 110 valence electrons. The van der Waals surface area contributed by atoms with Gasteiger partial charge in [-0.05, 0) is 43.1 Å². The van der Waals surface area contributed by atoms with Gasteiger partial charge in [0.25, 0.3) is 0 Å². The molecular weight excluding hydrogens is 256 g/mol. The number of benzene rings is 1. The SMILES string of the molecule is COc1ccc(CNC(=O)CC2CCNC2)cc1OC. The van der Waals surface area contributed by atoms with Crippen LogP contribution < -0.4 is 20.1 Å². The predicted molar refractivity (Wildman–Crippen MR) is 77.0 cm³/mol. The van der Waals surface area contributed by atoms with Crippen LogP contribution in [0.15, 0.2) is 18.2 Å². The molecule has 5 nitrogen and oxygen atoms in total.